The predicted molar refractivity (Wildman–Crippen MR) is 225 cm³/mol. The maximum absolute atomic E-state index is 13.3. The van der Waals surface area contributed by atoms with Gasteiger partial charge in [0.05, 0.1) is 61.0 Å². The Morgan fingerprint density at radius 1 is 0.639 bits per heavy atom. The molecule has 0 bridgehead atoms. The lowest BCUT2D eigenvalue weighted by Crippen LogP contribution is -2.38. The van der Waals surface area contributed by atoms with Crippen molar-refractivity contribution in [1.29, 1.82) is 0 Å². The summed E-state index contributed by atoms with van der Waals surface area (Å²) in [5.41, 5.74) is 1.84. The molecule has 17 heteroatoms. The van der Waals surface area contributed by atoms with E-state index in [2.05, 4.69) is 51.7 Å². The van der Waals surface area contributed by atoms with Crippen LogP contribution in [0.2, 0.25) is 0 Å². The zero-order chi connectivity index (χ0) is 44.2. The Morgan fingerprint density at radius 2 is 1.08 bits per heavy atom. The lowest BCUT2D eigenvalue weighted by atomic mass is 9.97. The third-order valence-corrected chi connectivity index (χ3v) is 10.9. The van der Waals surface area contributed by atoms with Crippen LogP contribution in [0.3, 0.4) is 0 Å². The second kappa shape index (κ2) is 18.9. The van der Waals surface area contributed by atoms with Crippen LogP contribution in [0.25, 0.3) is 21.5 Å². The number of hydrogen-bond donors (Lipinski definition) is 3. The first kappa shape index (κ1) is 45.4. The SMILES string of the molecule is Cc1c([C@@H](C)Nc2nnc(C)c3ccc(Br)cc23)cccc1C(F)(F)F.Cc1c([C@@H](C)Nc2nnc(C)c3ccc(OC4COC4)cc23)cccc1C(F)(F)F.OC1COC1. The van der Waals surface area contributed by atoms with E-state index >= 15 is 0 Å². The van der Waals surface area contributed by atoms with Crippen LogP contribution >= 0.6 is 15.9 Å². The fraction of sp³-hybridized carbons (Fsp3) is 0.364. The number of anilines is 2. The summed E-state index contributed by atoms with van der Waals surface area (Å²) in [6, 6.07) is 19.1. The molecule has 61 heavy (non-hydrogen) atoms. The maximum Gasteiger partial charge on any atom is 0.416 e. The molecule has 0 unspecified atom stereocenters. The number of alkyl halides is 6. The van der Waals surface area contributed by atoms with Gasteiger partial charge in [0, 0.05) is 26.0 Å². The summed E-state index contributed by atoms with van der Waals surface area (Å²) in [5, 5.41) is 35.1. The summed E-state index contributed by atoms with van der Waals surface area (Å²) in [6.45, 7) is 12.5. The smallest absolute Gasteiger partial charge is 0.416 e. The molecule has 2 fully saturated rings. The molecule has 10 nitrogen and oxygen atoms in total. The number of nitrogens with one attached hydrogen (secondary N) is 2. The highest BCUT2D eigenvalue weighted by molar-refractivity contribution is 9.10. The second-order valence-electron chi connectivity index (χ2n) is 14.9. The van der Waals surface area contributed by atoms with Crippen molar-refractivity contribution in [2.45, 2.75) is 78.2 Å². The molecule has 8 rings (SSSR count). The average Bonchev–Trinajstić information content (AvgIpc) is 3.17. The average molecular weight is 916 g/mol. The van der Waals surface area contributed by atoms with Gasteiger partial charge in [-0.2, -0.15) is 36.5 Å². The number of rotatable bonds is 8. The number of hydrogen-bond acceptors (Lipinski definition) is 10. The summed E-state index contributed by atoms with van der Waals surface area (Å²) in [7, 11) is 0. The van der Waals surface area contributed by atoms with Gasteiger partial charge in [-0.25, -0.2) is 0 Å². The number of aryl methyl sites for hydroxylation is 2. The van der Waals surface area contributed by atoms with E-state index in [0.29, 0.717) is 54.9 Å². The minimum Gasteiger partial charge on any atom is -0.486 e. The van der Waals surface area contributed by atoms with E-state index in [4.69, 9.17) is 14.6 Å². The zero-order valence-corrected chi connectivity index (χ0v) is 35.8. The first-order valence-corrected chi connectivity index (χ1v) is 20.2. The fourth-order valence-electron chi connectivity index (χ4n) is 6.94. The van der Waals surface area contributed by atoms with Crippen molar-refractivity contribution in [3.63, 3.8) is 0 Å². The number of aliphatic hydroxyl groups excluding tert-OH is 1. The van der Waals surface area contributed by atoms with Crippen molar-refractivity contribution in [1.82, 2.24) is 20.4 Å². The van der Waals surface area contributed by atoms with Gasteiger partial charge in [-0.15, -0.1) is 10.2 Å². The third-order valence-electron chi connectivity index (χ3n) is 10.4. The first-order valence-electron chi connectivity index (χ1n) is 19.4. The Bertz CT molecular complexity index is 2500. The molecule has 0 amide bonds. The molecule has 2 atom stereocenters. The molecule has 324 valence electrons. The van der Waals surface area contributed by atoms with Crippen LogP contribution in [-0.2, 0) is 21.8 Å². The molecular formula is C44H45BrF6N6O4. The first-order chi connectivity index (χ1) is 28.8. The van der Waals surface area contributed by atoms with Crippen molar-refractivity contribution in [2.75, 3.05) is 37.1 Å². The number of ether oxygens (including phenoxy) is 3. The van der Waals surface area contributed by atoms with Gasteiger partial charge < -0.3 is 30.0 Å². The van der Waals surface area contributed by atoms with Crippen molar-refractivity contribution in [2.24, 2.45) is 0 Å². The van der Waals surface area contributed by atoms with Crippen LogP contribution in [-0.4, -0.2) is 64.1 Å². The van der Waals surface area contributed by atoms with Crippen molar-refractivity contribution < 1.29 is 45.7 Å². The summed E-state index contributed by atoms with van der Waals surface area (Å²) in [6.07, 6.45) is -8.90. The monoisotopic (exact) mass is 914 g/mol. The lowest BCUT2D eigenvalue weighted by molar-refractivity contribution is -0.138. The Labute approximate surface area is 357 Å². The zero-order valence-electron chi connectivity index (χ0n) is 34.2. The fourth-order valence-corrected chi connectivity index (χ4v) is 7.30. The van der Waals surface area contributed by atoms with Gasteiger partial charge in [0.25, 0.3) is 0 Å². The Hall–Kier alpha value is -5.10. The van der Waals surface area contributed by atoms with Crippen LogP contribution < -0.4 is 15.4 Å². The molecule has 2 aromatic heterocycles. The van der Waals surface area contributed by atoms with Gasteiger partial charge >= 0.3 is 12.4 Å². The molecule has 4 aromatic carbocycles. The van der Waals surface area contributed by atoms with Gasteiger partial charge in [0.2, 0.25) is 0 Å². The van der Waals surface area contributed by atoms with Gasteiger partial charge in [0.15, 0.2) is 11.6 Å². The molecule has 2 aliphatic heterocycles. The number of halogens is 7. The molecule has 0 spiro atoms. The minimum atomic E-state index is -4.40. The van der Waals surface area contributed by atoms with Crippen LogP contribution in [0.4, 0.5) is 38.0 Å². The van der Waals surface area contributed by atoms with E-state index in [1.165, 1.54) is 26.0 Å². The predicted octanol–water partition coefficient (Wildman–Crippen LogP) is 10.8. The highest BCUT2D eigenvalue weighted by atomic mass is 79.9. The minimum absolute atomic E-state index is 0.0291. The quantitative estimate of drug-likeness (QED) is 0.127. The molecule has 4 heterocycles. The highest BCUT2D eigenvalue weighted by Crippen LogP contribution is 2.38. The van der Waals surface area contributed by atoms with Crippen LogP contribution in [0.1, 0.15) is 70.7 Å². The number of aliphatic hydroxyl groups is 1. The lowest BCUT2D eigenvalue weighted by Gasteiger charge is -2.27. The molecule has 3 N–H and O–H groups in total. The van der Waals surface area contributed by atoms with Crippen molar-refractivity contribution in [3.05, 3.63) is 122 Å². The standard InChI is InChI=1S/C22H22F3N3O2.C19H17BrF3N3.C3H6O2/c1-12-17(5-4-6-20(12)22(23,24)25)13(2)26-21-19-9-15(30-16-10-29-11-16)7-8-18(19)14(3)27-28-21;1-10-14(5-4-6-17(10)19(21,22)23)11(2)24-18-16-9-13(20)7-8-15(16)12(3)25-26-18;4-3-1-5-2-3/h4-9,13,16H,10-11H2,1-3H3,(H,26,28);4-9,11H,1-3H3,(H,24,26);3-4H,1-2H2/t13-;11-;/m11./s1. The van der Waals surface area contributed by atoms with Crippen LogP contribution in [0, 0.1) is 27.7 Å². The van der Waals surface area contributed by atoms with Gasteiger partial charge in [-0.05, 0) is 106 Å². The molecule has 2 aliphatic rings. The Morgan fingerprint density at radius 3 is 1.49 bits per heavy atom. The highest BCUT2D eigenvalue weighted by Gasteiger charge is 2.34. The number of fused-ring (bicyclic) bond motifs is 2. The number of aromatic nitrogens is 4. The maximum atomic E-state index is 13.3. The Balaban J connectivity index is 0.000000184. The molecule has 0 radical (unpaired) electrons. The summed E-state index contributed by atoms with van der Waals surface area (Å²) in [4.78, 5) is 0. The number of nitrogens with zero attached hydrogens (tertiary/aromatic N) is 4. The topological polar surface area (TPSA) is 124 Å². The molecule has 0 aliphatic carbocycles. The van der Waals surface area contributed by atoms with E-state index in [0.717, 1.165) is 49.5 Å². The molecule has 2 saturated heterocycles. The Kier molecular flexibility index (Phi) is 14.1. The van der Waals surface area contributed by atoms with Gasteiger partial charge in [-0.3, -0.25) is 0 Å². The van der Waals surface area contributed by atoms with E-state index < -0.39 is 29.5 Å². The van der Waals surface area contributed by atoms with E-state index in [1.54, 1.807) is 12.1 Å². The number of benzene rings is 4. The largest absolute Gasteiger partial charge is 0.486 e. The second-order valence-corrected chi connectivity index (χ2v) is 15.8. The van der Waals surface area contributed by atoms with Gasteiger partial charge in [-0.1, -0.05) is 46.3 Å². The summed E-state index contributed by atoms with van der Waals surface area (Å²) >= 11 is 3.44. The molecular weight excluding hydrogens is 870 g/mol. The molecule has 0 saturated carbocycles. The van der Waals surface area contributed by atoms with Crippen LogP contribution in [0.5, 0.6) is 5.75 Å². The van der Waals surface area contributed by atoms with E-state index in [1.807, 2.05) is 64.1 Å². The van der Waals surface area contributed by atoms with Crippen molar-refractivity contribution >= 4 is 49.1 Å². The van der Waals surface area contributed by atoms with Crippen LogP contribution in [0.15, 0.2) is 77.3 Å². The van der Waals surface area contributed by atoms with Gasteiger partial charge in [0.1, 0.15) is 18.0 Å². The molecule has 6 aromatic rings. The third kappa shape index (κ3) is 10.9. The van der Waals surface area contributed by atoms with E-state index in [-0.39, 0.29) is 29.4 Å². The summed E-state index contributed by atoms with van der Waals surface area (Å²) < 4.78 is 95.9. The normalized spacial score (nSPS) is 15.4. The summed E-state index contributed by atoms with van der Waals surface area (Å²) in [5.74, 6) is 1.72. The van der Waals surface area contributed by atoms with E-state index in [9.17, 15) is 26.3 Å². The van der Waals surface area contributed by atoms with Crippen molar-refractivity contribution in [3.8, 4) is 5.75 Å².